The Morgan fingerprint density at radius 1 is 1.22 bits per heavy atom. The lowest BCUT2D eigenvalue weighted by atomic mass is 10.1. The Balaban J connectivity index is 2.53. The summed E-state index contributed by atoms with van der Waals surface area (Å²) < 4.78 is 42.9. The van der Waals surface area contributed by atoms with Crippen molar-refractivity contribution in [3.63, 3.8) is 0 Å². The Morgan fingerprint density at radius 3 is 2.65 bits per heavy atom. The average molecular weight is 321 g/mol. The van der Waals surface area contributed by atoms with E-state index in [1.165, 1.54) is 25.3 Å². The number of H-pyrrole nitrogens is 1. The predicted molar refractivity (Wildman–Crippen MR) is 77.2 cm³/mol. The van der Waals surface area contributed by atoms with Crippen LogP contribution in [0.5, 0.6) is 0 Å². The molecule has 8 heteroatoms. The van der Waals surface area contributed by atoms with Crippen molar-refractivity contribution in [2.75, 3.05) is 0 Å². The monoisotopic (exact) mass is 321 g/mol. The molecule has 0 radical (unpaired) electrons. The smallest absolute Gasteiger partial charge is 0.273 e. The first-order chi connectivity index (χ1) is 11.0. The third kappa shape index (κ3) is 2.23. The van der Waals surface area contributed by atoms with Gasteiger partial charge in [0.05, 0.1) is 5.39 Å². The molecule has 0 saturated carbocycles. The van der Waals surface area contributed by atoms with E-state index in [0.29, 0.717) is 10.6 Å². The van der Waals surface area contributed by atoms with Crippen LogP contribution < -0.4 is 11.2 Å². The summed E-state index contributed by atoms with van der Waals surface area (Å²) in [5.74, 6) is -3.51. The fourth-order valence-corrected chi connectivity index (χ4v) is 2.42. The van der Waals surface area contributed by atoms with Crippen molar-refractivity contribution < 1.29 is 13.2 Å². The fraction of sp³-hybridized carbons (Fsp3) is 0.133. The van der Waals surface area contributed by atoms with Crippen LogP contribution in [0.15, 0.2) is 34.0 Å². The van der Waals surface area contributed by atoms with Crippen LogP contribution in [0, 0.1) is 17.5 Å². The Morgan fingerprint density at radius 2 is 1.96 bits per heavy atom. The van der Waals surface area contributed by atoms with E-state index in [9.17, 15) is 22.8 Å². The third-order valence-electron chi connectivity index (χ3n) is 3.48. The maximum Gasteiger partial charge on any atom is 0.334 e. The number of nitrogens with one attached hydrogen (secondary N) is 1. The minimum Gasteiger partial charge on any atom is -0.273 e. The van der Waals surface area contributed by atoms with Gasteiger partial charge in [0, 0.05) is 17.8 Å². The highest BCUT2D eigenvalue weighted by atomic mass is 19.1. The van der Waals surface area contributed by atoms with Crippen LogP contribution in [0.1, 0.15) is 12.5 Å². The highest BCUT2D eigenvalue weighted by Gasteiger charge is 2.22. The minimum absolute atomic E-state index is 0.0201. The summed E-state index contributed by atoms with van der Waals surface area (Å²) in [4.78, 5) is 29.7. The number of benzene rings is 1. The molecular weight excluding hydrogens is 311 g/mol. The average Bonchev–Trinajstić information content (AvgIpc) is 2.50. The molecule has 1 N–H and O–H groups in total. The molecule has 0 aliphatic heterocycles. The Bertz CT molecular complexity index is 1040. The topological polar surface area (TPSA) is 67.8 Å². The van der Waals surface area contributed by atoms with E-state index in [4.69, 9.17) is 0 Å². The lowest BCUT2D eigenvalue weighted by Gasteiger charge is -2.13. The summed E-state index contributed by atoms with van der Waals surface area (Å²) in [5, 5.41) is -0.0201. The number of halogens is 3. The predicted octanol–water partition coefficient (Wildman–Crippen LogP) is 2.05. The second-order valence-corrected chi connectivity index (χ2v) is 4.80. The van der Waals surface area contributed by atoms with E-state index in [1.807, 2.05) is 4.98 Å². The molecule has 3 rings (SSSR count). The van der Waals surface area contributed by atoms with Gasteiger partial charge in [-0.05, 0) is 18.6 Å². The Kier molecular flexibility index (Phi) is 3.51. The molecule has 2 aromatic heterocycles. The first kappa shape index (κ1) is 15.0. The first-order valence-corrected chi connectivity index (χ1v) is 6.72. The van der Waals surface area contributed by atoms with Crippen molar-refractivity contribution in [2.24, 2.45) is 0 Å². The first-order valence-electron chi connectivity index (χ1n) is 6.72. The van der Waals surface area contributed by atoms with Gasteiger partial charge in [0.2, 0.25) is 0 Å². The Labute approximate surface area is 127 Å². The summed E-state index contributed by atoms with van der Waals surface area (Å²) in [5.41, 5.74) is -3.13. The van der Waals surface area contributed by atoms with Gasteiger partial charge in [-0.3, -0.25) is 9.78 Å². The molecule has 0 bridgehead atoms. The van der Waals surface area contributed by atoms with E-state index < -0.39 is 34.4 Å². The van der Waals surface area contributed by atoms with Gasteiger partial charge in [-0.1, -0.05) is 6.92 Å². The summed E-state index contributed by atoms with van der Waals surface area (Å²) in [6, 6.07) is 3.31. The lowest BCUT2D eigenvalue weighted by Crippen LogP contribution is -2.31. The number of pyridine rings is 1. The quantitative estimate of drug-likeness (QED) is 0.785. The third-order valence-corrected chi connectivity index (χ3v) is 3.48. The molecule has 118 valence electrons. The summed E-state index contributed by atoms with van der Waals surface area (Å²) in [7, 11) is 0. The molecule has 0 amide bonds. The van der Waals surface area contributed by atoms with Crippen LogP contribution in [0.3, 0.4) is 0 Å². The van der Waals surface area contributed by atoms with Gasteiger partial charge < -0.3 is 0 Å². The maximum atomic E-state index is 14.5. The standard InChI is InChI=1S/C15H10F3N3O2/c1-2-7-9(16)6-10(17)12(11(7)18)21-13-8(4-3-5-19-13)14(22)20-15(21)23/h3-6H,2H2,1H3,(H,20,22,23). The number of fused-ring (bicyclic) bond motifs is 1. The van der Waals surface area contributed by atoms with Crippen molar-refractivity contribution in [1.29, 1.82) is 0 Å². The van der Waals surface area contributed by atoms with Gasteiger partial charge in [-0.2, -0.15) is 0 Å². The zero-order chi connectivity index (χ0) is 16.7. The van der Waals surface area contributed by atoms with Gasteiger partial charge in [-0.25, -0.2) is 27.5 Å². The molecule has 2 heterocycles. The molecule has 1 aromatic carbocycles. The van der Waals surface area contributed by atoms with Crippen molar-refractivity contribution in [2.45, 2.75) is 13.3 Å². The molecule has 0 fully saturated rings. The fourth-order valence-electron chi connectivity index (χ4n) is 2.42. The lowest BCUT2D eigenvalue weighted by molar-refractivity contribution is 0.516. The van der Waals surface area contributed by atoms with Gasteiger partial charge >= 0.3 is 5.69 Å². The summed E-state index contributed by atoms with van der Waals surface area (Å²) in [6.45, 7) is 1.50. The van der Waals surface area contributed by atoms with Crippen LogP contribution in [0.2, 0.25) is 0 Å². The molecule has 0 aliphatic carbocycles. The number of rotatable bonds is 2. The molecule has 5 nitrogen and oxygen atoms in total. The molecule has 0 saturated heterocycles. The van der Waals surface area contributed by atoms with Gasteiger partial charge in [0.1, 0.15) is 11.5 Å². The highest BCUT2D eigenvalue weighted by molar-refractivity contribution is 5.75. The molecule has 23 heavy (non-hydrogen) atoms. The number of nitrogens with zero attached hydrogens (tertiary/aromatic N) is 2. The molecule has 0 spiro atoms. The maximum absolute atomic E-state index is 14.5. The van der Waals surface area contributed by atoms with Crippen LogP contribution >= 0.6 is 0 Å². The number of hydrogen-bond acceptors (Lipinski definition) is 3. The SMILES string of the molecule is CCc1c(F)cc(F)c(-n2c(=O)[nH]c(=O)c3cccnc32)c1F. The Hall–Kier alpha value is -2.90. The summed E-state index contributed by atoms with van der Waals surface area (Å²) >= 11 is 0. The normalized spacial score (nSPS) is 11.1. The van der Waals surface area contributed by atoms with Crippen LogP contribution in [-0.2, 0) is 6.42 Å². The van der Waals surface area contributed by atoms with E-state index in [0.717, 1.165) is 0 Å². The number of aromatic amines is 1. The van der Waals surface area contributed by atoms with E-state index in [-0.39, 0.29) is 23.0 Å². The highest BCUT2D eigenvalue weighted by Crippen LogP contribution is 2.24. The van der Waals surface area contributed by atoms with Gasteiger partial charge in [-0.15, -0.1) is 0 Å². The van der Waals surface area contributed by atoms with Crippen molar-refractivity contribution in [3.8, 4) is 5.69 Å². The van der Waals surface area contributed by atoms with Crippen molar-refractivity contribution >= 4 is 11.0 Å². The molecule has 0 unspecified atom stereocenters. The second kappa shape index (κ2) is 5.38. The zero-order valence-corrected chi connectivity index (χ0v) is 11.9. The van der Waals surface area contributed by atoms with Crippen molar-refractivity contribution in [1.82, 2.24) is 14.5 Å². The van der Waals surface area contributed by atoms with E-state index in [1.54, 1.807) is 0 Å². The van der Waals surface area contributed by atoms with Gasteiger partial charge in [0.25, 0.3) is 5.56 Å². The summed E-state index contributed by atoms with van der Waals surface area (Å²) in [6.07, 6.45) is 1.24. The molecule has 0 atom stereocenters. The molecular formula is C15H10F3N3O2. The number of aromatic nitrogens is 3. The van der Waals surface area contributed by atoms with Crippen LogP contribution in [0.4, 0.5) is 13.2 Å². The van der Waals surface area contributed by atoms with Gasteiger partial charge in [0.15, 0.2) is 17.3 Å². The minimum atomic E-state index is -1.27. The van der Waals surface area contributed by atoms with E-state index >= 15 is 0 Å². The van der Waals surface area contributed by atoms with E-state index in [2.05, 4.69) is 4.98 Å². The zero-order valence-electron chi connectivity index (χ0n) is 11.9. The second-order valence-electron chi connectivity index (χ2n) is 4.80. The number of hydrogen-bond donors (Lipinski definition) is 1. The molecule has 3 aromatic rings. The van der Waals surface area contributed by atoms with Crippen LogP contribution in [0.25, 0.3) is 16.7 Å². The van der Waals surface area contributed by atoms with Crippen molar-refractivity contribution in [3.05, 3.63) is 68.2 Å². The largest absolute Gasteiger partial charge is 0.334 e. The molecule has 0 aliphatic rings. The van der Waals surface area contributed by atoms with Crippen LogP contribution in [-0.4, -0.2) is 14.5 Å².